The molecule has 0 spiro atoms. The van der Waals surface area contributed by atoms with Crippen LogP contribution in [-0.4, -0.2) is 19.0 Å². The van der Waals surface area contributed by atoms with E-state index >= 15 is 0 Å². The molecule has 1 aliphatic rings. The fourth-order valence-corrected chi connectivity index (χ4v) is 2.41. The Labute approximate surface area is 111 Å². The Morgan fingerprint density at radius 3 is 2.79 bits per heavy atom. The highest BCUT2D eigenvalue weighted by molar-refractivity contribution is 5.80. The summed E-state index contributed by atoms with van der Waals surface area (Å²) in [5.74, 6) is -0.988. The molecule has 0 radical (unpaired) electrons. The van der Waals surface area contributed by atoms with Gasteiger partial charge in [0.25, 0.3) is 0 Å². The van der Waals surface area contributed by atoms with Gasteiger partial charge in [-0.15, -0.1) is 0 Å². The smallest absolute Gasteiger partial charge is 0.225 e. The molecule has 1 amide bonds. The second-order valence-corrected chi connectivity index (χ2v) is 5.14. The van der Waals surface area contributed by atoms with Crippen LogP contribution in [-0.2, 0) is 4.79 Å². The van der Waals surface area contributed by atoms with Crippen molar-refractivity contribution in [2.75, 3.05) is 13.1 Å². The van der Waals surface area contributed by atoms with E-state index in [0.29, 0.717) is 6.54 Å². The van der Waals surface area contributed by atoms with Gasteiger partial charge in [0, 0.05) is 12.1 Å². The van der Waals surface area contributed by atoms with Crippen LogP contribution in [0.2, 0.25) is 0 Å². The molecule has 1 aromatic carbocycles. The second-order valence-electron chi connectivity index (χ2n) is 5.14. The molecule has 2 rings (SSSR count). The lowest BCUT2D eigenvalue weighted by Gasteiger charge is -2.19. The van der Waals surface area contributed by atoms with Gasteiger partial charge in [0.2, 0.25) is 5.91 Å². The van der Waals surface area contributed by atoms with Gasteiger partial charge in [-0.3, -0.25) is 4.79 Å². The van der Waals surface area contributed by atoms with Gasteiger partial charge < -0.3 is 10.6 Å². The molecular formula is C14H18F2N2O. The van der Waals surface area contributed by atoms with Crippen molar-refractivity contribution >= 4 is 5.91 Å². The quantitative estimate of drug-likeness (QED) is 0.880. The van der Waals surface area contributed by atoms with E-state index in [4.69, 9.17) is 0 Å². The van der Waals surface area contributed by atoms with Crippen LogP contribution in [0.25, 0.3) is 0 Å². The first-order chi connectivity index (χ1) is 8.99. The van der Waals surface area contributed by atoms with Crippen molar-refractivity contribution < 1.29 is 13.6 Å². The summed E-state index contributed by atoms with van der Waals surface area (Å²) >= 11 is 0. The molecule has 0 bridgehead atoms. The Morgan fingerprint density at radius 2 is 2.16 bits per heavy atom. The third-order valence-corrected chi connectivity index (χ3v) is 3.64. The standard InChI is InChI=1S/C14H18F2N2O/c1-8-6-17-7-12(8)14(19)18-9(2)11-5-10(15)3-4-13(11)16/h3-5,8-9,12,17H,6-7H2,1-2H3,(H,18,19). The van der Waals surface area contributed by atoms with Crippen molar-refractivity contribution in [3.8, 4) is 0 Å². The summed E-state index contributed by atoms with van der Waals surface area (Å²) in [4.78, 5) is 12.1. The van der Waals surface area contributed by atoms with Crippen LogP contribution in [0.5, 0.6) is 0 Å². The molecule has 3 atom stereocenters. The van der Waals surface area contributed by atoms with Crippen LogP contribution in [0.15, 0.2) is 18.2 Å². The van der Waals surface area contributed by atoms with Gasteiger partial charge in [0.15, 0.2) is 0 Å². The maximum Gasteiger partial charge on any atom is 0.225 e. The summed E-state index contributed by atoms with van der Waals surface area (Å²) in [6.07, 6.45) is 0. The highest BCUT2D eigenvalue weighted by Crippen LogP contribution is 2.21. The van der Waals surface area contributed by atoms with Crippen molar-refractivity contribution in [1.29, 1.82) is 0 Å². The lowest BCUT2D eigenvalue weighted by molar-refractivity contribution is -0.126. The summed E-state index contributed by atoms with van der Waals surface area (Å²) in [6.45, 7) is 5.09. The van der Waals surface area contributed by atoms with E-state index in [1.807, 2.05) is 6.92 Å². The minimum absolute atomic E-state index is 0.112. The van der Waals surface area contributed by atoms with Crippen LogP contribution in [0.1, 0.15) is 25.5 Å². The lowest BCUT2D eigenvalue weighted by atomic mass is 9.96. The topological polar surface area (TPSA) is 41.1 Å². The molecule has 2 N–H and O–H groups in total. The first kappa shape index (κ1) is 13.9. The normalized spacial score (nSPS) is 24.2. The SMILES string of the molecule is CC(NC(=O)C1CNCC1C)c1cc(F)ccc1F. The molecular weight excluding hydrogens is 250 g/mol. The van der Waals surface area contributed by atoms with E-state index in [-0.39, 0.29) is 23.3 Å². The van der Waals surface area contributed by atoms with E-state index in [1.54, 1.807) is 6.92 Å². The average Bonchev–Trinajstić information content (AvgIpc) is 2.78. The van der Waals surface area contributed by atoms with Crippen molar-refractivity contribution in [1.82, 2.24) is 10.6 Å². The largest absolute Gasteiger partial charge is 0.349 e. The number of halogens is 2. The summed E-state index contributed by atoms with van der Waals surface area (Å²) < 4.78 is 26.7. The fourth-order valence-electron chi connectivity index (χ4n) is 2.41. The molecule has 104 valence electrons. The van der Waals surface area contributed by atoms with Crippen LogP contribution in [0, 0.1) is 23.5 Å². The highest BCUT2D eigenvalue weighted by Gasteiger charge is 2.30. The maximum absolute atomic E-state index is 13.6. The maximum atomic E-state index is 13.6. The highest BCUT2D eigenvalue weighted by atomic mass is 19.1. The van der Waals surface area contributed by atoms with Crippen molar-refractivity contribution in [3.05, 3.63) is 35.4 Å². The van der Waals surface area contributed by atoms with Gasteiger partial charge in [-0.05, 0) is 37.6 Å². The van der Waals surface area contributed by atoms with Gasteiger partial charge in [-0.2, -0.15) is 0 Å². The Bertz CT molecular complexity index is 479. The van der Waals surface area contributed by atoms with E-state index in [2.05, 4.69) is 10.6 Å². The zero-order valence-electron chi connectivity index (χ0n) is 11.0. The fraction of sp³-hybridized carbons (Fsp3) is 0.500. The first-order valence-electron chi connectivity index (χ1n) is 6.45. The summed E-state index contributed by atoms with van der Waals surface area (Å²) in [7, 11) is 0. The predicted molar refractivity (Wildman–Crippen MR) is 68.4 cm³/mol. The van der Waals surface area contributed by atoms with Gasteiger partial charge in [0.05, 0.1) is 12.0 Å². The minimum Gasteiger partial charge on any atom is -0.349 e. The molecule has 19 heavy (non-hydrogen) atoms. The number of rotatable bonds is 3. The van der Waals surface area contributed by atoms with E-state index in [0.717, 1.165) is 24.7 Å². The summed E-state index contributed by atoms with van der Waals surface area (Å²) in [6, 6.07) is 2.72. The molecule has 1 saturated heterocycles. The Kier molecular flexibility index (Phi) is 4.14. The molecule has 3 unspecified atom stereocenters. The minimum atomic E-state index is -0.545. The number of hydrogen-bond acceptors (Lipinski definition) is 2. The number of carbonyl (C=O) groups excluding carboxylic acids is 1. The molecule has 0 saturated carbocycles. The summed E-state index contributed by atoms with van der Waals surface area (Å²) in [5.41, 5.74) is 0.173. The molecule has 1 aromatic rings. The van der Waals surface area contributed by atoms with Crippen LogP contribution >= 0.6 is 0 Å². The van der Waals surface area contributed by atoms with Crippen molar-refractivity contribution in [2.24, 2.45) is 11.8 Å². The average molecular weight is 268 g/mol. The molecule has 1 fully saturated rings. The zero-order valence-corrected chi connectivity index (χ0v) is 11.0. The molecule has 3 nitrogen and oxygen atoms in total. The van der Waals surface area contributed by atoms with Gasteiger partial charge in [-0.1, -0.05) is 6.92 Å². The Balaban J connectivity index is 2.06. The Morgan fingerprint density at radius 1 is 1.42 bits per heavy atom. The number of nitrogens with one attached hydrogen (secondary N) is 2. The number of amides is 1. The zero-order chi connectivity index (χ0) is 14.0. The Hall–Kier alpha value is -1.49. The van der Waals surface area contributed by atoms with Crippen LogP contribution in [0.4, 0.5) is 8.78 Å². The predicted octanol–water partition coefficient (Wildman–Crippen LogP) is 2.00. The number of carbonyl (C=O) groups is 1. The lowest BCUT2D eigenvalue weighted by Crippen LogP contribution is -2.36. The van der Waals surface area contributed by atoms with Crippen LogP contribution < -0.4 is 10.6 Å². The van der Waals surface area contributed by atoms with Gasteiger partial charge >= 0.3 is 0 Å². The van der Waals surface area contributed by atoms with Gasteiger partial charge in [0.1, 0.15) is 11.6 Å². The van der Waals surface area contributed by atoms with Gasteiger partial charge in [-0.25, -0.2) is 8.78 Å². The molecule has 1 heterocycles. The van der Waals surface area contributed by atoms with E-state index in [9.17, 15) is 13.6 Å². The third-order valence-electron chi connectivity index (χ3n) is 3.64. The third kappa shape index (κ3) is 3.10. The summed E-state index contributed by atoms with van der Waals surface area (Å²) in [5, 5.41) is 5.89. The van der Waals surface area contributed by atoms with Crippen molar-refractivity contribution in [2.45, 2.75) is 19.9 Å². The molecule has 0 aromatic heterocycles. The van der Waals surface area contributed by atoms with E-state index < -0.39 is 17.7 Å². The second kappa shape index (κ2) is 5.65. The van der Waals surface area contributed by atoms with E-state index in [1.165, 1.54) is 0 Å². The monoisotopic (exact) mass is 268 g/mol. The number of benzene rings is 1. The van der Waals surface area contributed by atoms with Crippen molar-refractivity contribution in [3.63, 3.8) is 0 Å². The molecule has 0 aliphatic carbocycles. The molecule has 5 heteroatoms. The first-order valence-corrected chi connectivity index (χ1v) is 6.45. The molecule has 1 aliphatic heterocycles. The van der Waals surface area contributed by atoms with Crippen LogP contribution in [0.3, 0.4) is 0 Å². The number of hydrogen-bond donors (Lipinski definition) is 2.